The van der Waals surface area contributed by atoms with Crippen LogP contribution in [0.3, 0.4) is 0 Å². The summed E-state index contributed by atoms with van der Waals surface area (Å²) in [7, 11) is -2.57. The van der Waals surface area contributed by atoms with Gasteiger partial charge in [-0.15, -0.1) is 0 Å². The lowest BCUT2D eigenvalue weighted by molar-refractivity contribution is 0.0913. The summed E-state index contributed by atoms with van der Waals surface area (Å²) in [5.74, 6) is 0.142. The number of amides is 1. The van der Waals surface area contributed by atoms with Crippen LogP contribution in [0.2, 0.25) is 0 Å². The van der Waals surface area contributed by atoms with Crippen LogP contribution < -0.4 is 14.8 Å². The van der Waals surface area contributed by atoms with Crippen molar-refractivity contribution in [3.05, 3.63) is 54.2 Å². The van der Waals surface area contributed by atoms with Crippen LogP contribution in [-0.4, -0.2) is 42.1 Å². The van der Waals surface area contributed by atoms with Crippen molar-refractivity contribution < 1.29 is 22.5 Å². The molecule has 0 saturated heterocycles. The predicted molar refractivity (Wildman–Crippen MR) is 126 cm³/mol. The maximum Gasteiger partial charge on any atom is 0.251 e. The Kier molecular flexibility index (Phi) is 7.37. The summed E-state index contributed by atoms with van der Waals surface area (Å²) in [6, 6.07) is 7.20. The van der Waals surface area contributed by atoms with Gasteiger partial charge in [-0.05, 0) is 57.0 Å². The summed E-state index contributed by atoms with van der Waals surface area (Å²) in [5.41, 5.74) is 0.116. The maximum atomic E-state index is 13.1. The summed E-state index contributed by atoms with van der Waals surface area (Å²) in [5, 5.41) is 6.86. The van der Waals surface area contributed by atoms with Crippen LogP contribution in [0.4, 0.5) is 0 Å². The van der Waals surface area contributed by atoms with E-state index < -0.39 is 27.5 Å². The molecule has 0 spiro atoms. The van der Waals surface area contributed by atoms with Crippen LogP contribution in [-0.2, 0) is 10.0 Å². The second kappa shape index (κ2) is 9.90. The van der Waals surface area contributed by atoms with Crippen molar-refractivity contribution in [2.75, 3.05) is 7.11 Å². The molecule has 1 atom stereocenters. The van der Waals surface area contributed by atoms with Crippen molar-refractivity contribution in [1.29, 1.82) is 0 Å². The van der Waals surface area contributed by atoms with Gasteiger partial charge in [-0.2, -0.15) is 4.98 Å². The molecule has 0 aliphatic heterocycles. The van der Waals surface area contributed by atoms with Gasteiger partial charge in [0.05, 0.1) is 7.11 Å². The minimum Gasteiger partial charge on any atom is -0.495 e. The molecule has 0 aliphatic carbocycles. The third-order valence-corrected chi connectivity index (χ3v) is 6.52. The highest BCUT2D eigenvalue weighted by atomic mass is 32.2. The van der Waals surface area contributed by atoms with Gasteiger partial charge in [0.25, 0.3) is 5.91 Å². The molecule has 10 nitrogen and oxygen atoms in total. The van der Waals surface area contributed by atoms with Gasteiger partial charge in [-0.1, -0.05) is 19.0 Å². The summed E-state index contributed by atoms with van der Waals surface area (Å²) in [6.45, 7) is 8.98. The lowest BCUT2D eigenvalue weighted by atomic mass is 10.0. The Balaban J connectivity index is 1.89. The molecule has 3 aromatic rings. The van der Waals surface area contributed by atoms with Crippen LogP contribution in [0.1, 0.15) is 56.9 Å². The highest BCUT2D eigenvalue weighted by Crippen LogP contribution is 2.28. The van der Waals surface area contributed by atoms with Gasteiger partial charge in [0.2, 0.25) is 21.7 Å². The molecule has 0 aliphatic rings. The average molecular weight is 488 g/mol. The summed E-state index contributed by atoms with van der Waals surface area (Å²) >= 11 is 0. The van der Waals surface area contributed by atoms with E-state index in [0.717, 1.165) is 0 Å². The fourth-order valence-electron chi connectivity index (χ4n) is 3.20. The smallest absolute Gasteiger partial charge is 0.251 e. The molecule has 1 amide bonds. The van der Waals surface area contributed by atoms with Crippen LogP contribution >= 0.6 is 0 Å². The Bertz CT molecular complexity index is 1250. The number of carbonyl (C=O) groups is 1. The second-order valence-electron chi connectivity index (χ2n) is 9.11. The van der Waals surface area contributed by atoms with E-state index in [0.29, 0.717) is 11.4 Å². The van der Waals surface area contributed by atoms with Gasteiger partial charge >= 0.3 is 0 Å². The van der Waals surface area contributed by atoms with Crippen molar-refractivity contribution in [2.45, 2.75) is 51.1 Å². The first kappa shape index (κ1) is 25.3. The Labute approximate surface area is 199 Å². The van der Waals surface area contributed by atoms with Gasteiger partial charge in [0.15, 0.2) is 0 Å². The van der Waals surface area contributed by atoms with E-state index in [4.69, 9.17) is 9.26 Å². The van der Waals surface area contributed by atoms with E-state index >= 15 is 0 Å². The number of aromatic nitrogens is 3. The number of rotatable bonds is 8. The van der Waals surface area contributed by atoms with Gasteiger partial charge in [-0.3, -0.25) is 9.78 Å². The number of sulfonamides is 1. The van der Waals surface area contributed by atoms with E-state index in [1.54, 1.807) is 45.3 Å². The zero-order chi connectivity index (χ0) is 25.1. The Hall–Kier alpha value is -3.31. The van der Waals surface area contributed by atoms with Crippen molar-refractivity contribution in [3.63, 3.8) is 0 Å². The summed E-state index contributed by atoms with van der Waals surface area (Å²) in [4.78, 5) is 21.4. The molecule has 34 heavy (non-hydrogen) atoms. The minimum absolute atomic E-state index is 0.0878. The van der Waals surface area contributed by atoms with E-state index in [9.17, 15) is 13.2 Å². The van der Waals surface area contributed by atoms with Gasteiger partial charge in [0.1, 0.15) is 16.7 Å². The first-order chi connectivity index (χ1) is 15.9. The van der Waals surface area contributed by atoms with Crippen LogP contribution in [0.25, 0.3) is 11.4 Å². The highest BCUT2D eigenvalue weighted by Gasteiger charge is 2.29. The van der Waals surface area contributed by atoms with E-state index in [2.05, 4.69) is 25.2 Å². The number of hydrogen-bond donors (Lipinski definition) is 2. The molecule has 0 fully saturated rings. The molecule has 2 aromatic heterocycles. The molecule has 0 saturated carbocycles. The number of carbonyl (C=O) groups excluding carboxylic acids is 1. The lowest BCUT2D eigenvalue weighted by Crippen LogP contribution is -2.40. The van der Waals surface area contributed by atoms with Crippen molar-refractivity contribution in [1.82, 2.24) is 25.2 Å². The van der Waals surface area contributed by atoms with Gasteiger partial charge in [-0.25, -0.2) is 13.1 Å². The molecular formula is C23H29N5O5S. The van der Waals surface area contributed by atoms with Gasteiger partial charge in [0, 0.05) is 29.1 Å². The van der Waals surface area contributed by atoms with Crippen molar-refractivity contribution in [2.24, 2.45) is 5.92 Å². The number of benzene rings is 1. The van der Waals surface area contributed by atoms with E-state index in [1.165, 1.54) is 25.3 Å². The van der Waals surface area contributed by atoms with Crippen LogP contribution in [0.5, 0.6) is 5.75 Å². The number of nitrogens with one attached hydrogen (secondary N) is 2. The number of methoxy groups -OCH3 is 1. The number of pyridine rings is 1. The monoisotopic (exact) mass is 487 g/mol. The largest absolute Gasteiger partial charge is 0.495 e. The lowest BCUT2D eigenvalue weighted by Gasteiger charge is -2.22. The quantitative estimate of drug-likeness (QED) is 0.494. The Morgan fingerprint density at radius 1 is 1.18 bits per heavy atom. The number of hydrogen-bond acceptors (Lipinski definition) is 8. The molecule has 182 valence electrons. The molecule has 1 aromatic carbocycles. The van der Waals surface area contributed by atoms with E-state index in [1.807, 2.05) is 13.8 Å². The molecule has 2 heterocycles. The first-order valence-corrected chi connectivity index (χ1v) is 12.2. The first-order valence-electron chi connectivity index (χ1n) is 10.7. The van der Waals surface area contributed by atoms with Crippen LogP contribution in [0.15, 0.2) is 52.1 Å². The molecule has 2 N–H and O–H groups in total. The molecular weight excluding hydrogens is 458 g/mol. The maximum absolute atomic E-state index is 13.1. The Morgan fingerprint density at radius 3 is 2.50 bits per heavy atom. The SMILES string of the molecule is COc1ccc(C(=O)NC(c2nc(-c3cccnc3)no2)C(C)C)cc1S(=O)(=O)NC(C)(C)C. The fourth-order valence-corrected chi connectivity index (χ4v) is 4.81. The van der Waals surface area contributed by atoms with E-state index in [-0.39, 0.29) is 28.0 Å². The number of nitrogens with zero attached hydrogens (tertiary/aromatic N) is 3. The van der Waals surface area contributed by atoms with Gasteiger partial charge < -0.3 is 14.6 Å². The van der Waals surface area contributed by atoms with Crippen LogP contribution in [0, 0.1) is 5.92 Å². The Morgan fingerprint density at radius 2 is 1.91 bits per heavy atom. The highest BCUT2D eigenvalue weighted by molar-refractivity contribution is 7.89. The topological polar surface area (TPSA) is 136 Å². The summed E-state index contributed by atoms with van der Waals surface area (Å²) in [6.07, 6.45) is 3.25. The average Bonchev–Trinajstić information content (AvgIpc) is 3.25. The zero-order valence-electron chi connectivity index (χ0n) is 20.0. The third kappa shape index (κ3) is 5.97. The third-order valence-electron chi connectivity index (χ3n) is 4.74. The van der Waals surface area contributed by atoms with Crippen molar-refractivity contribution in [3.8, 4) is 17.1 Å². The number of ether oxygens (including phenoxy) is 1. The molecule has 11 heteroatoms. The molecule has 1 unspecified atom stereocenters. The summed E-state index contributed by atoms with van der Waals surface area (Å²) < 4.78 is 39.1. The second-order valence-corrected chi connectivity index (χ2v) is 10.8. The minimum atomic E-state index is -3.94. The van der Waals surface area contributed by atoms with Crippen molar-refractivity contribution >= 4 is 15.9 Å². The molecule has 0 radical (unpaired) electrons. The molecule has 0 bridgehead atoms. The standard InChI is InChI=1S/C23H29N5O5S/c1-14(2)19(22-26-20(27-33-22)16-8-7-11-24-13-16)25-21(29)15-9-10-17(32-6)18(12-15)34(30,31)28-23(3,4)5/h7-14,19,28H,1-6H3,(H,25,29). The fraction of sp³-hybridized carbons (Fsp3) is 0.391. The predicted octanol–water partition coefficient (Wildman–Crippen LogP) is 3.34. The zero-order valence-corrected chi connectivity index (χ0v) is 20.8. The molecule has 3 rings (SSSR count). The normalized spacial score (nSPS) is 13.0.